The molecule has 0 spiro atoms. The first-order valence-corrected chi connectivity index (χ1v) is 9.37. The minimum atomic E-state index is -0.210. The van der Waals surface area contributed by atoms with Crippen LogP contribution in [0.1, 0.15) is 43.0 Å². The molecule has 1 aliphatic rings. The van der Waals surface area contributed by atoms with Gasteiger partial charge in [-0.25, -0.2) is 9.97 Å². The Bertz CT molecular complexity index is 749. The van der Waals surface area contributed by atoms with Gasteiger partial charge in [-0.05, 0) is 57.9 Å². The zero-order valence-corrected chi connectivity index (χ0v) is 15.8. The zero-order valence-electron chi connectivity index (χ0n) is 15.8. The number of aromatic nitrogens is 2. The molecule has 1 saturated heterocycles. The van der Waals surface area contributed by atoms with Gasteiger partial charge in [-0.3, -0.25) is 4.79 Å². The lowest BCUT2D eigenvalue weighted by atomic mass is 10.2. The average molecular weight is 353 g/mol. The lowest BCUT2D eigenvalue weighted by Gasteiger charge is -2.20. The number of carbonyl (C=O) groups is 1. The monoisotopic (exact) mass is 353 g/mol. The minimum absolute atomic E-state index is 0.210. The van der Waals surface area contributed by atoms with E-state index in [0.29, 0.717) is 11.5 Å². The van der Waals surface area contributed by atoms with Crippen molar-refractivity contribution >= 4 is 23.1 Å². The largest absolute Gasteiger partial charge is 0.372 e. The standard InChI is InChI=1S/C20H27N5O/c1-4-24(5-2)19-14-18(21-15(3)22-19)20(26)23-16-8-10-17(11-9-16)25-12-6-7-13-25/h8-11,14H,4-7,12-13H2,1-3H3,(H,23,26). The van der Waals surface area contributed by atoms with Gasteiger partial charge >= 0.3 is 0 Å². The summed E-state index contributed by atoms with van der Waals surface area (Å²) in [6.07, 6.45) is 2.50. The molecular weight excluding hydrogens is 326 g/mol. The SMILES string of the molecule is CCN(CC)c1cc(C(=O)Nc2ccc(N3CCCC3)cc2)nc(C)n1. The second-order valence-electron chi connectivity index (χ2n) is 6.53. The molecule has 0 radical (unpaired) electrons. The molecule has 1 N–H and O–H groups in total. The van der Waals surface area contributed by atoms with E-state index in [2.05, 4.69) is 51.1 Å². The van der Waals surface area contributed by atoms with Crippen molar-refractivity contribution in [3.05, 3.63) is 41.9 Å². The molecule has 1 aromatic heterocycles. The van der Waals surface area contributed by atoms with Crippen molar-refractivity contribution in [2.45, 2.75) is 33.6 Å². The van der Waals surface area contributed by atoms with Gasteiger partial charge in [0.1, 0.15) is 17.3 Å². The van der Waals surface area contributed by atoms with E-state index in [0.717, 1.165) is 37.7 Å². The van der Waals surface area contributed by atoms with Gasteiger partial charge in [0, 0.05) is 43.6 Å². The number of hydrogen-bond acceptors (Lipinski definition) is 5. The highest BCUT2D eigenvalue weighted by Crippen LogP contribution is 2.22. The van der Waals surface area contributed by atoms with Gasteiger partial charge in [0.2, 0.25) is 0 Å². The molecule has 1 aromatic carbocycles. The first-order valence-electron chi connectivity index (χ1n) is 9.37. The Balaban J connectivity index is 1.73. The number of rotatable bonds is 6. The molecule has 2 heterocycles. The summed E-state index contributed by atoms with van der Waals surface area (Å²) in [6, 6.07) is 9.78. The van der Waals surface area contributed by atoms with Crippen molar-refractivity contribution in [3.63, 3.8) is 0 Å². The summed E-state index contributed by atoms with van der Waals surface area (Å²) in [6.45, 7) is 9.86. The second kappa shape index (κ2) is 8.17. The van der Waals surface area contributed by atoms with Gasteiger partial charge in [0.15, 0.2) is 0 Å². The van der Waals surface area contributed by atoms with Gasteiger partial charge < -0.3 is 15.1 Å². The van der Waals surface area contributed by atoms with Crippen LogP contribution in [-0.2, 0) is 0 Å². The molecule has 0 saturated carbocycles. The lowest BCUT2D eigenvalue weighted by molar-refractivity contribution is 0.102. The summed E-state index contributed by atoms with van der Waals surface area (Å²) < 4.78 is 0. The Morgan fingerprint density at radius 2 is 1.77 bits per heavy atom. The third-order valence-electron chi connectivity index (χ3n) is 4.74. The molecule has 0 aliphatic carbocycles. The highest BCUT2D eigenvalue weighted by molar-refractivity contribution is 6.03. The number of aryl methyl sites for hydroxylation is 1. The molecule has 1 fully saturated rings. The highest BCUT2D eigenvalue weighted by Gasteiger charge is 2.15. The normalized spacial score (nSPS) is 13.7. The predicted molar refractivity (Wildman–Crippen MR) is 106 cm³/mol. The number of benzene rings is 1. The molecule has 2 aromatic rings. The molecule has 6 nitrogen and oxygen atoms in total. The lowest BCUT2D eigenvalue weighted by Crippen LogP contribution is -2.25. The second-order valence-corrected chi connectivity index (χ2v) is 6.53. The molecule has 1 amide bonds. The summed E-state index contributed by atoms with van der Waals surface area (Å²) in [5.74, 6) is 1.18. The summed E-state index contributed by atoms with van der Waals surface area (Å²) >= 11 is 0. The number of nitrogens with zero attached hydrogens (tertiary/aromatic N) is 4. The minimum Gasteiger partial charge on any atom is -0.372 e. The van der Waals surface area contributed by atoms with Crippen molar-refractivity contribution in [3.8, 4) is 0 Å². The number of carbonyl (C=O) groups excluding carboxylic acids is 1. The van der Waals surface area contributed by atoms with E-state index in [-0.39, 0.29) is 5.91 Å². The topological polar surface area (TPSA) is 61.4 Å². The highest BCUT2D eigenvalue weighted by atomic mass is 16.1. The first-order chi connectivity index (χ1) is 12.6. The Morgan fingerprint density at radius 3 is 2.38 bits per heavy atom. The molecule has 1 aliphatic heterocycles. The van der Waals surface area contributed by atoms with Gasteiger partial charge in [0.05, 0.1) is 0 Å². The van der Waals surface area contributed by atoms with Gasteiger partial charge in [0.25, 0.3) is 5.91 Å². The Kier molecular flexibility index (Phi) is 5.71. The number of hydrogen-bond donors (Lipinski definition) is 1. The van der Waals surface area contributed by atoms with Crippen molar-refractivity contribution in [1.29, 1.82) is 0 Å². The quantitative estimate of drug-likeness (QED) is 0.861. The Hall–Kier alpha value is -2.63. The van der Waals surface area contributed by atoms with Crippen LogP contribution < -0.4 is 15.1 Å². The molecule has 26 heavy (non-hydrogen) atoms. The molecule has 138 valence electrons. The number of amides is 1. The van der Waals surface area contributed by atoms with E-state index in [1.165, 1.54) is 18.5 Å². The molecule has 0 bridgehead atoms. The van der Waals surface area contributed by atoms with Crippen LogP contribution in [0, 0.1) is 6.92 Å². The van der Waals surface area contributed by atoms with E-state index >= 15 is 0 Å². The summed E-state index contributed by atoms with van der Waals surface area (Å²) in [7, 11) is 0. The molecule has 0 atom stereocenters. The van der Waals surface area contributed by atoms with E-state index in [1.54, 1.807) is 6.07 Å². The maximum Gasteiger partial charge on any atom is 0.274 e. The van der Waals surface area contributed by atoms with E-state index in [4.69, 9.17) is 0 Å². The van der Waals surface area contributed by atoms with Crippen molar-refractivity contribution < 1.29 is 4.79 Å². The molecule has 3 rings (SSSR count). The van der Waals surface area contributed by atoms with Gasteiger partial charge in [-0.15, -0.1) is 0 Å². The number of anilines is 3. The van der Waals surface area contributed by atoms with Crippen LogP contribution in [0.25, 0.3) is 0 Å². The van der Waals surface area contributed by atoms with E-state index < -0.39 is 0 Å². The predicted octanol–water partition coefficient (Wildman–Crippen LogP) is 3.48. The zero-order chi connectivity index (χ0) is 18.5. The maximum absolute atomic E-state index is 12.6. The molecular formula is C20H27N5O. The van der Waals surface area contributed by atoms with Crippen LogP contribution in [-0.4, -0.2) is 42.1 Å². The van der Waals surface area contributed by atoms with Crippen LogP contribution >= 0.6 is 0 Å². The smallest absolute Gasteiger partial charge is 0.274 e. The molecule has 0 unspecified atom stereocenters. The Morgan fingerprint density at radius 1 is 1.12 bits per heavy atom. The van der Waals surface area contributed by atoms with Crippen molar-refractivity contribution in [2.24, 2.45) is 0 Å². The maximum atomic E-state index is 12.6. The van der Waals surface area contributed by atoms with Crippen LogP contribution in [0.15, 0.2) is 30.3 Å². The number of nitrogens with one attached hydrogen (secondary N) is 1. The van der Waals surface area contributed by atoms with E-state index in [9.17, 15) is 4.79 Å². The third-order valence-corrected chi connectivity index (χ3v) is 4.74. The van der Waals surface area contributed by atoms with Crippen LogP contribution in [0.4, 0.5) is 17.2 Å². The average Bonchev–Trinajstić information content (AvgIpc) is 3.17. The summed E-state index contributed by atoms with van der Waals surface area (Å²) in [5.41, 5.74) is 2.38. The fourth-order valence-electron chi connectivity index (χ4n) is 3.30. The Labute approximate surface area is 155 Å². The van der Waals surface area contributed by atoms with Gasteiger partial charge in [-0.1, -0.05) is 0 Å². The fourth-order valence-corrected chi connectivity index (χ4v) is 3.30. The first kappa shape index (κ1) is 18.2. The summed E-state index contributed by atoms with van der Waals surface area (Å²) in [5, 5.41) is 2.94. The van der Waals surface area contributed by atoms with Crippen LogP contribution in [0.2, 0.25) is 0 Å². The van der Waals surface area contributed by atoms with Crippen molar-refractivity contribution in [2.75, 3.05) is 41.3 Å². The van der Waals surface area contributed by atoms with E-state index in [1.807, 2.05) is 19.1 Å². The summed E-state index contributed by atoms with van der Waals surface area (Å²) in [4.78, 5) is 25.9. The fraction of sp³-hybridized carbons (Fsp3) is 0.450. The molecule has 6 heteroatoms. The van der Waals surface area contributed by atoms with Gasteiger partial charge in [-0.2, -0.15) is 0 Å². The van der Waals surface area contributed by atoms with Crippen LogP contribution in [0.3, 0.4) is 0 Å². The van der Waals surface area contributed by atoms with Crippen LogP contribution in [0.5, 0.6) is 0 Å². The third kappa shape index (κ3) is 4.12. The van der Waals surface area contributed by atoms with Crippen molar-refractivity contribution in [1.82, 2.24) is 9.97 Å².